The third-order valence-corrected chi connectivity index (χ3v) is 5.05. The first-order valence-electron chi connectivity index (χ1n) is 6.52. The first-order valence-corrected chi connectivity index (χ1v) is 8.22. The molecule has 0 aliphatic rings. The third-order valence-electron chi connectivity index (χ3n) is 2.90. The van der Waals surface area contributed by atoms with Crippen molar-refractivity contribution in [1.82, 2.24) is 10.3 Å². The largest absolute Gasteiger partial charge is 0.309 e. The number of nitrogens with zero attached hydrogens (tertiary/aromatic N) is 1. The highest BCUT2D eigenvalue weighted by Gasteiger charge is 2.14. The van der Waals surface area contributed by atoms with Gasteiger partial charge >= 0.3 is 0 Å². The van der Waals surface area contributed by atoms with Gasteiger partial charge in [0.1, 0.15) is 0 Å². The summed E-state index contributed by atoms with van der Waals surface area (Å²) in [6.07, 6.45) is 5.34. The number of aromatic nitrogens is 1. The van der Waals surface area contributed by atoms with E-state index in [9.17, 15) is 0 Å². The van der Waals surface area contributed by atoms with Crippen molar-refractivity contribution >= 4 is 22.7 Å². The predicted molar refractivity (Wildman–Crippen MR) is 80.5 cm³/mol. The predicted octanol–water partition coefficient (Wildman–Crippen LogP) is 4.05. The summed E-state index contributed by atoms with van der Waals surface area (Å²) in [4.78, 5) is 8.44. The van der Waals surface area contributed by atoms with Gasteiger partial charge in [0.15, 0.2) is 0 Å². The van der Waals surface area contributed by atoms with E-state index in [4.69, 9.17) is 0 Å². The van der Waals surface area contributed by atoms with Crippen molar-refractivity contribution in [3.8, 4) is 0 Å². The van der Waals surface area contributed by atoms with E-state index in [1.54, 1.807) is 11.3 Å². The molecule has 18 heavy (non-hydrogen) atoms. The number of nitrogens with one attached hydrogen (secondary N) is 1. The Morgan fingerprint density at radius 2 is 2.17 bits per heavy atom. The highest BCUT2D eigenvalue weighted by Crippen LogP contribution is 2.27. The van der Waals surface area contributed by atoms with E-state index in [0.717, 1.165) is 19.4 Å². The molecule has 0 fully saturated rings. The van der Waals surface area contributed by atoms with Gasteiger partial charge in [-0.15, -0.1) is 22.7 Å². The van der Waals surface area contributed by atoms with Crippen LogP contribution in [-0.2, 0) is 12.8 Å². The molecule has 0 bridgehead atoms. The maximum Gasteiger partial charge on any atom is 0.0794 e. The maximum atomic E-state index is 4.16. The summed E-state index contributed by atoms with van der Waals surface area (Å²) >= 11 is 3.68. The van der Waals surface area contributed by atoms with Crippen LogP contribution in [0.3, 0.4) is 0 Å². The van der Waals surface area contributed by atoms with Gasteiger partial charge in [-0.05, 0) is 31.5 Å². The first kappa shape index (κ1) is 13.7. The summed E-state index contributed by atoms with van der Waals surface area (Å²) in [6, 6.07) is 4.97. The lowest BCUT2D eigenvalue weighted by Gasteiger charge is -2.16. The number of thiazole rings is 1. The third kappa shape index (κ3) is 3.64. The summed E-state index contributed by atoms with van der Waals surface area (Å²) in [5.41, 5.74) is 1.91. The molecular formula is C14H20N2S2. The molecule has 0 saturated carbocycles. The van der Waals surface area contributed by atoms with E-state index in [1.165, 1.54) is 21.1 Å². The lowest BCUT2D eigenvalue weighted by atomic mass is 10.1. The maximum absolute atomic E-state index is 4.16. The molecule has 0 aliphatic carbocycles. The normalized spacial score (nSPS) is 12.8. The fraction of sp³-hybridized carbons (Fsp3) is 0.500. The summed E-state index contributed by atoms with van der Waals surface area (Å²) in [5, 5.41) is 3.65. The zero-order chi connectivity index (χ0) is 12.8. The summed E-state index contributed by atoms with van der Waals surface area (Å²) < 4.78 is 0. The first-order chi connectivity index (χ1) is 8.83. The summed E-state index contributed by atoms with van der Waals surface area (Å²) in [7, 11) is 0. The minimum absolute atomic E-state index is 0.440. The Bertz CT molecular complexity index is 448. The quantitative estimate of drug-likeness (QED) is 0.827. The second kappa shape index (κ2) is 7.02. The summed E-state index contributed by atoms with van der Waals surface area (Å²) in [5.74, 6) is 0. The van der Waals surface area contributed by atoms with Gasteiger partial charge in [0.2, 0.25) is 0 Å². The van der Waals surface area contributed by atoms with Gasteiger partial charge in [-0.3, -0.25) is 4.98 Å². The molecule has 4 heteroatoms. The standard InChI is InChI=1S/C14H20N2S2/c1-3-7-16-13(8-12-9-15-10-17-12)14-6-5-11(4-2)18-14/h5-6,9-10,13,16H,3-4,7-8H2,1-2H3. The molecular weight excluding hydrogens is 260 g/mol. The topological polar surface area (TPSA) is 24.9 Å². The zero-order valence-corrected chi connectivity index (χ0v) is 12.6. The second-order valence-electron chi connectivity index (χ2n) is 4.34. The van der Waals surface area contributed by atoms with Crippen LogP contribution >= 0.6 is 22.7 Å². The Hall–Kier alpha value is -0.710. The Labute approximate surface area is 117 Å². The van der Waals surface area contributed by atoms with Gasteiger partial charge in [-0.2, -0.15) is 0 Å². The molecule has 2 aromatic heterocycles. The van der Waals surface area contributed by atoms with Crippen LogP contribution in [0.15, 0.2) is 23.8 Å². The average Bonchev–Trinajstić information content (AvgIpc) is 3.05. The highest BCUT2D eigenvalue weighted by molar-refractivity contribution is 7.12. The van der Waals surface area contributed by atoms with Crippen LogP contribution in [0.1, 0.15) is 40.9 Å². The minimum Gasteiger partial charge on any atom is -0.309 e. The monoisotopic (exact) mass is 280 g/mol. The van der Waals surface area contributed by atoms with E-state index < -0.39 is 0 Å². The fourth-order valence-corrected chi connectivity index (χ4v) is 3.58. The van der Waals surface area contributed by atoms with E-state index >= 15 is 0 Å². The molecule has 2 heterocycles. The van der Waals surface area contributed by atoms with Gasteiger partial charge in [0, 0.05) is 33.3 Å². The van der Waals surface area contributed by atoms with E-state index in [0.29, 0.717) is 6.04 Å². The van der Waals surface area contributed by atoms with Gasteiger partial charge in [0.25, 0.3) is 0 Å². The van der Waals surface area contributed by atoms with Crippen LogP contribution in [-0.4, -0.2) is 11.5 Å². The number of aryl methyl sites for hydroxylation is 1. The number of thiophene rings is 1. The van der Waals surface area contributed by atoms with Gasteiger partial charge in [0.05, 0.1) is 5.51 Å². The molecule has 0 spiro atoms. The molecule has 0 saturated heterocycles. The van der Waals surface area contributed by atoms with Crippen LogP contribution in [0, 0.1) is 0 Å². The van der Waals surface area contributed by atoms with Gasteiger partial charge in [-0.1, -0.05) is 13.8 Å². The van der Waals surface area contributed by atoms with Crippen molar-refractivity contribution in [3.05, 3.63) is 38.5 Å². The van der Waals surface area contributed by atoms with Crippen molar-refractivity contribution < 1.29 is 0 Å². The SMILES string of the molecule is CCCNC(Cc1cncs1)c1ccc(CC)s1. The Morgan fingerprint density at radius 1 is 1.28 bits per heavy atom. The second-order valence-corrected chi connectivity index (χ2v) is 6.51. The van der Waals surface area contributed by atoms with E-state index in [-0.39, 0.29) is 0 Å². The van der Waals surface area contributed by atoms with Gasteiger partial charge < -0.3 is 5.32 Å². The molecule has 2 rings (SSSR count). The molecule has 1 atom stereocenters. The molecule has 0 amide bonds. The average molecular weight is 280 g/mol. The van der Waals surface area contributed by atoms with Crippen molar-refractivity contribution in [1.29, 1.82) is 0 Å². The van der Waals surface area contributed by atoms with Crippen molar-refractivity contribution in [2.75, 3.05) is 6.54 Å². The van der Waals surface area contributed by atoms with Crippen LogP contribution < -0.4 is 5.32 Å². The van der Waals surface area contributed by atoms with Crippen molar-refractivity contribution in [2.24, 2.45) is 0 Å². The number of hydrogen-bond donors (Lipinski definition) is 1. The van der Waals surface area contributed by atoms with Crippen LogP contribution in [0.2, 0.25) is 0 Å². The van der Waals surface area contributed by atoms with Crippen molar-refractivity contribution in [3.63, 3.8) is 0 Å². The minimum atomic E-state index is 0.440. The summed E-state index contributed by atoms with van der Waals surface area (Å²) in [6.45, 7) is 5.50. The molecule has 98 valence electrons. The Kier molecular flexibility index (Phi) is 5.35. The lowest BCUT2D eigenvalue weighted by molar-refractivity contribution is 0.539. The van der Waals surface area contributed by atoms with Crippen LogP contribution in [0.25, 0.3) is 0 Å². The smallest absolute Gasteiger partial charge is 0.0794 e. The Morgan fingerprint density at radius 3 is 2.78 bits per heavy atom. The molecule has 0 radical (unpaired) electrons. The number of rotatable bonds is 7. The molecule has 0 aromatic carbocycles. The van der Waals surface area contributed by atoms with E-state index in [2.05, 4.69) is 36.3 Å². The fourth-order valence-electron chi connectivity index (χ4n) is 1.91. The highest BCUT2D eigenvalue weighted by atomic mass is 32.1. The molecule has 1 unspecified atom stereocenters. The van der Waals surface area contributed by atoms with Crippen LogP contribution in [0.4, 0.5) is 0 Å². The van der Waals surface area contributed by atoms with Gasteiger partial charge in [-0.25, -0.2) is 0 Å². The van der Waals surface area contributed by atoms with Crippen molar-refractivity contribution in [2.45, 2.75) is 39.2 Å². The lowest BCUT2D eigenvalue weighted by Crippen LogP contribution is -2.22. The molecule has 1 N–H and O–H groups in total. The zero-order valence-electron chi connectivity index (χ0n) is 11.0. The molecule has 0 aliphatic heterocycles. The van der Waals surface area contributed by atoms with E-state index in [1.807, 2.05) is 23.0 Å². The van der Waals surface area contributed by atoms with Crippen LogP contribution in [0.5, 0.6) is 0 Å². The Balaban J connectivity index is 2.08. The number of hydrogen-bond acceptors (Lipinski definition) is 4. The molecule has 2 nitrogen and oxygen atoms in total. The molecule has 2 aromatic rings.